The minimum absolute atomic E-state index is 0.533. The van der Waals surface area contributed by atoms with Gasteiger partial charge in [-0.3, -0.25) is 4.90 Å². The first-order valence-electron chi connectivity index (χ1n) is 7.19. The van der Waals surface area contributed by atoms with Crippen molar-refractivity contribution in [3.63, 3.8) is 0 Å². The van der Waals surface area contributed by atoms with Crippen LogP contribution in [-0.4, -0.2) is 55.7 Å². The van der Waals surface area contributed by atoms with Crippen LogP contribution in [0.3, 0.4) is 0 Å². The van der Waals surface area contributed by atoms with Gasteiger partial charge in [0.05, 0.1) is 0 Å². The van der Waals surface area contributed by atoms with E-state index in [0.29, 0.717) is 6.54 Å². The van der Waals surface area contributed by atoms with Gasteiger partial charge >= 0.3 is 0 Å². The molecule has 106 valence electrons. The lowest BCUT2D eigenvalue weighted by Gasteiger charge is -2.33. The van der Waals surface area contributed by atoms with Crippen molar-refractivity contribution in [3.8, 4) is 5.75 Å². The van der Waals surface area contributed by atoms with Gasteiger partial charge in [0, 0.05) is 44.8 Å². The molecule has 4 heteroatoms. The second kappa shape index (κ2) is 7.48. The van der Waals surface area contributed by atoms with E-state index in [1.807, 2.05) is 24.3 Å². The van der Waals surface area contributed by atoms with Crippen LogP contribution in [-0.2, 0) is 6.54 Å². The molecule has 1 heterocycles. The van der Waals surface area contributed by atoms with E-state index in [0.717, 1.165) is 44.1 Å². The predicted molar refractivity (Wildman–Crippen MR) is 78.4 cm³/mol. The van der Waals surface area contributed by atoms with Crippen molar-refractivity contribution in [3.05, 3.63) is 29.8 Å². The van der Waals surface area contributed by atoms with E-state index in [-0.39, 0.29) is 0 Å². The molecular formula is C15H25N3O. The second-order valence-corrected chi connectivity index (χ2v) is 4.94. The van der Waals surface area contributed by atoms with Crippen LogP contribution >= 0.6 is 0 Å². The summed E-state index contributed by atoms with van der Waals surface area (Å²) in [5.74, 6) is 0.928. The van der Waals surface area contributed by atoms with Crippen molar-refractivity contribution in [2.45, 2.75) is 13.5 Å². The number of rotatable bonds is 6. The molecule has 0 bridgehead atoms. The third-order valence-corrected chi connectivity index (χ3v) is 3.77. The summed E-state index contributed by atoms with van der Waals surface area (Å²) in [6.45, 7) is 10.3. The zero-order chi connectivity index (χ0) is 13.5. The highest BCUT2D eigenvalue weighted by Crippen LogP contribution is 2.16. The van der Waals surface area contributed by atoms with Crippen molar-refractivity contribution < 1.29 is 4.74 Å². The fourth-order valence-corrected chi connectivity index (χ4v) is 2.43. The maximum Gasteiger partial charge on any atom is 0.123 e. The first kappa shape index (κ1) is 14.3. The van der Waals surface area contributed by atoms with E-state index in [1.165, 1.54) is 13.1 Å². The van der Waals surface area contributed by atoms with Gasteiger partial charge in [0.25, 0.3) is 0 Å². The van der Waals surface area contributed by atoms with Crippen LogP contribution in [0.25, 0.3) is 0 Å². The molecule has 0 atom stereocenters. The Labute approximate surface area is 116 Å². The Balaban J connectivity index is 1.72. The Morgan fingerprint density at radius 2 is 1.79 bits per heavy atom. The molecule has 1 aliphatic rings. The fraction of sp³-hybridized carbons (Fsp3) is 0.600. The highest BCUT2D eigenvalue weighted by Gasteiger charge is 2.14. The molecule has 1 fully saturated rings. The average Bonchev–Trinajstić information content (AvgIpc) is 2.48. The molecule has 1 aromatic rings. The van der Waals surface area contributed by atoms with E-state index in [1.54, 1.807) is 0 Å². The predicted octanol–water partition coefficient (Wildman–Crippen LogP) is 1.16. The largest absolute Gasteiger partial charge is 0.492 e. The zero-order valence-corrected chi connectivity index (χ0v) is 11.8. The minimum atomic E-state index is 0.533. The molecule has 0 aromatic heterocycles. The maximum atomic E-state index is 5.85. The molecule has 2 rings (SSSR count). The molecule has 0 amide bonds. The normalized spacial score (nSPS) is 17.6. The summed E-state index contributed by atoms with van der Waals surface area (Å²) >= 11 is 0. The van der Waals surface area contributed by atoms with Gasteiger partial charge in [-0.25, -0.2) is 0 Å². The Morgan fingerprint density at radius 3 is 2.47 bits per heavy atom. The second-order valence-electron chi connectivity index (χ2n) is 4.94. The van der Waals surface area contributed by atoms with Gasteiger partial charge in [-0.1, -0.05) is 25.1 Å². The van der Waals surface area contributed by atoms with Gasteiger partial charge in [0.1, 0.15) is 12.4 Å². The van der Waals surface area contributed by atoms with Gasteiger partial charge in [-0.05, 0) is 12.6 Å². The van der Waals surface area contributed by atoms with Gasteiger partial charge in [-0.15, -0.1) is 0 Å². The molecule has 4 nitrogen and oxygen atoms in total. The highest BCUT2D eigenvalue weighted by molar-refractivity contribution is 5.32. The minimum Gasteiger partial charge on any atom is -0.492 e. The molecule has 1 aliphatic heterocycles. The Hall–Kier alpha value is -1.10. The summed E-state index contributed by atoms with van der Waals surface area (Å²) in [7, 11) is 0. The van der Waals surface area contributed by atoms with E-state index in [9.17, 15) is 0 Å². The Kier molecular flexibility index (Phi) is 5.63. The summed E-state index contributed by atoms with van der Waals surface area (Å²) in [5.41, 5.74) is 6.78. The number of ether oxygens (including phenoxy) is 1. The number of likely N-dealkylation sites (N-methyl/N-ethyl adjacent to an activating group) is 1. The number of nitrogens with two attached hydrogens (primary N) is 1. The SMILES string of the molecule is CCN1CCN(CCOc2ccccc2CN)CC1. The standard InChI is InChI=1S/C15H25N3O/c1-2-17-7-9-18(10-8-17)11-12-19-15-6-4-3-5-14(15)13-16/h3-6H,2,7-13,16H2,1H3. The van der Waals surface area contributed by atoms with E-state index < -0.39 is 0 Å². The fourth-order valence-electron chi connectivity index (χ4n) is 2.43. The number of para-hydroxylation sites is 1. The molecule has 19 heavy (non-hydrogen) atoms. The van der Waals surface area contributed by atoms with Crippen molar-refractivity contribution in [2.75, 3.05) is 45.9 Å². The molecule has 0 aliphatic carbocycles. The first-order valence-corrected chi connectivity index (χ1v) is 7.19. The lowest BCUT2D eigenvalue weighted by molar-refractivity contribution is 0.120. The number of nitrogens with zero attached hydrogens (tertiary/aromatic N) is 2. The van der Waals surface area contributed by atoms with Crippen LogP contribution < -0.4 is 10.5 Å². The van der Waals surface area contributed by atoms with E-state index in [2.05, 4.69) is 16.7 Å². The van der Waals surface area contributed by atoms with Crippen LogP contribution in [0.5, 0.6) is 5.75 Å². The molecule has 0 unspecified atom stereocenters. The summed E-state index contributed by atoms with van der Waals surface area (Å²) in [6.07, 6.45) is 0. The lowest BCUT2D eigenvalue weighted by Crippen LogP contribution is -2.47. The topological polar surface area (TPSA) is 41.7 Å². The highest BCUT2D eigenvalue weighted by atomic mass is 16.5. The van der Waals surface area contributed by atoms with E-state index in [4.69, 9.17) is 10.5 Å². The summed E-state index contributed by atoms with van der Waals surface area (Å²) in [4.78, 5) is 4.96. The van der Waals surface area contributed by atoms with Crippen LogP contribution in [0.4, 0.5) is 0 Å². The van der Waals surface area contributed by atoms with Crippen molar-refractivity contribution in [1.82, 2.24) is 9.80 Å². The van der Waals surface area contributed by atoms with Crippen LogP contribution in [0.1, 0.15) is 12.5 Å². The third-order valence-electron chi connectivity index (χ3n) is 3.77. The molecule has 0 saturated carbocycles. The lowest BCUT2D eigenvalue weighted by atomic mass is 10.2. The Bertz CT molecular complexity index is 375. The summed E-state index contributed by atoms with van der Waals surface area (Å²) in [6, 6.07) is 8.01. The molecule has 1 aromatic carbocycles. The number of piperazine rings is 1. The molecule has 0 spiro atoms. The number of hydrogen-bond donors (Lipinski definition) is 1. The quantitative estimate of drug-likeness (QED) is 0.836. The first-order chi connectivity index (χ1) is 9.33. The van der Waals surface area contributed by atoms with Crippen molar-refractivity contribution in [1.29, 1.82) is 0 Å². The molecule has 1 saturated heterocycles. The third kappa shape index (κ3) is 4.20. The summed E-state index contributed by atoms with van der Waals surface area (Å²) in [5, 5.41) is 0. The monoisotopic (exact) mass is 263 g/mol. The zero-order valence-electron chi connectivity index (χ0n) is 11.8. The van der Waals surface area contributed by atoms with Crippen molar-refractivity contribution in [2.24, 2.45) is 5.73 Å². The van der Waals surface area contributed by atoms with Crippen LogP contribution in [0, 0.1) is 0 Å². The molecule has 2 N–H and O–H groups in total. The molecule has 0 radical (unpaired) electrons. The van der Waals surface area contributed by atoms with Gasteiger partial charge in [0.2, 0.25) is 0 Å². The maximum absolute atomic E-state index is 5.85. The van der Waals surface area contributed by atoms with Gasteiger partial charge in [-0.2, -0.15) is 0 Å². The number of benzene rings is 1. The van der Waals surface area contributed by atoms with E-state index >= 15 is 0 Å². The van der Waals surface area contributed by atoms with Gasteiger partial charge < -0.3 is 15.4 Å². The van der Waals surface area contributed by atoms with Crippen molar-refractivity contribution >= 4 is 0 Å². The van der Waals surface area contributed by atoms with Crippen LogP contribution in [0.2, 0.25) is 0 Å². The smallest absolute Gasteiger partial charge is 0.123 e. The average molecular weight is 263 g/mol. The van der Waals surface area contributed by atoms with Gasteiger partial charge in [0.15, 0.2) is 0 Å². The Morgan fingerprint density at radius 1 is 1.11 bits per heavy atom. The summed E-state index contributed by atoms with van der Waals surface area (Å²) < 4.78 is 5.85. The molecular weight excluding hydrogens is 238 g/mol. The number of hydrogen-bond acceptors (Lipinski definition) is 4. The van der Waals surface area contributed by atoms with Crippen LogP contribution in [0.15, 0.2) is 24.3 Å².